The van der Waals surface area contributed by atoms with Crippen LogP contribution in [0.1, 0.15) is 17.2 Å². The molecule has 0 aliphatic heterocycles. The maximum atomic E-state index is 9.91. The fraction of sp³-hybridized carbons (Fsp3) is 0.167. The molecule has 1 N–H and O–H groups in total. The van der Waals surface area contributed by atoms with Crippen molar-refractivity contribution in [3.8, 4) is 0 Å². The van der Waals surface area contributed by atoms with Gasteiger partial charge in [-0.05, 0) is 23.3 Å². The van der Waals surface area contributed by atoms with Crippen molar-refractivity contribution in [3.63, 3.8) is 0 Å². The summed E-state index contributed by atoms with van der Waals surface area (Å²) in [5.41, 5.74) is 1.86. The second-order valence-corrected chi connectivity index (χ2v) is 3.37. The second-order valence-electron chi connectivity index (χ2n) is 3.37. The van der Waals surface area contributed by atoms with Crippen LogP contribution in [-0.2, 0) is 6.42 Å². The summed E-state index contributed by atoms with van der Waals surface area (Å²) < 4.78 is 0. The van der Waals surface area contributed by atoms with Crippen molar-refractivity contribution in [2.45, 2.75) is 12.5 Å². The first-order valence-corrected chi connectivity index (χ1v) is 4.83. The van der Waals surface area contributed by atoms with Crippen LogP contribution >= 0.6 is 0 Å². The highest BCUT2D eigenvalue weighted by atomic mass is 16.3. The highest BCUT2D eigenvalue weighted by Gasteiger charge is 2.07. The van der Waals surface area contributed by atoms with Gasteiger partial charge in [0.05, 0.1) is 6.10 Å². The molecule has 0 aliphatic carbocycles. The molecule has 2 heterocycles. The van der Waals surface area contributed by atoms with Crippen molar-refractivity contribution in [2.75, 3.05) is 0 Å². The van der Waals surface area contributed by atoms with Crippen LogP contribution in [0.4, 0.5) is 0 Å². The molecule has 0 bridgehead atoms. The summed E-state index contributed by atoms with van der Waals surface area (Å²) in [5, 5.41) is 9.91. The van der Waals surface area contributed by atoms with Gasteiger partial charge in [0.25, 0.3) is 0 Å². The van der Waals surface area contributed by atoms with Crippen LogP contribution in [0.25, 0.3) is 0 Å². The van der Waals surface area contributed by atoms with Gasteiger partial charge in [-0.1, -0.05) is 12.1 Å². The summed E-state index contributed by atoms with van der Waals surface area (Å²) >= 11 is 0. The summed E-state index contributed by atoms with van der Waals surface area (Å²) in [6, 6.07) is 7.51. The van der Waals surface area contributed by atoms with Crippen molar-refractivity contribution in [2.24, 2.45) is 0 Å². The Morgan fingerprint density at radius 1 is 1.07 bits per heavy atom. The van der Waals surface area contributed by atoms with Crippen LogP contribution in [0, 0.1) is 0 Å². The highest BCUT2D eigenvalue weighted by molar-refractivity contribution is 5.17. The Bertz CT molecular complexity index is 402. The van der Waals surface area contributed by atoms with E-state index in [9.17, 15) is 5.11 Å². The summed E-state index contributed by atoms with van der Waals surface area (Å²) in [6.45, 7) is 0. The van der Waals surface area contributed by atoms with E-state index < -0.39 is 6.10 Å². The van der Waals surface area contributed by atoms with E-state index in [0.717, 1.165) is 11.1 Å². The molecule has 3 heteroatoms. The number of aliphatic hydroxyl groups excluding tert-OH is 1. The Hall–Kier alpha value is -1.74. The van der Waals surface area contributed by atoms with Crippen molar-refractivity contribution < 1.29 is 5.11 Å². The van der Waals surface area contributed by atoms with Crippen molar-refractivity contribution >= 4 is 0 Å². The van der Waals surface area contributed by atoms with E-state index >= 15 is 0 Å². The number of aromatic nitrogens is 2. The molecule has 0 amide bonds. The molecule has 1 atom stereocenters. The molecule has 2 aromatic rings. The molecule has 0 fully saturated rings. The number of aliphatic hydroxyl groups is 1. The van der Waals surface area contributed by atoms with E-state index in [-0.39, 0.29) is 0 Å². The first kappa shape index (κ1) is 9.80. The van der Waals surface area contributed by atoms with Gasteiger partial charge >= 0.3 is 0 Å². The van der Waals surface area contributed by atoms with Gasteiger partial charge in [0, 0.05) is 31.2 Å². The van der Waals surface area contributed by atoms with E-state index in [1.807, 2.05) is 24.3 Å². The quantitative estimate of drug-likeness (QED) is 0.821. The number of hydrogen-bond donors (Lipinski definition) is 1. The van der Waals surface area contributed by atoms with Crippen molar-refractivity contribution in [1.82, 2.24) is 9.97 Å². The molecule has 2 aromatic heterocycles. The van der Waals surface area contributed by atoms with Gasteiger partial charge in [0.2, 0.25) is 0 Å². The third kappa shape index (κ3) is 2.60. The molecule has 0 radical (unpaired) electrons. The molecule has 0 aliphatic rings. The monoisotopic (exact) mass is 200 g/mol. The van der Waals surface area contributed by atoms with E-state index in [2.05, 4.69) is 9.97 Å². The smallest absolute Gasteiger partial charge is 0.0845 e. The zero-order valence-electron chi connectivity index (χ0n) is 8.24. The maximum absolute atomic E-state index is 9.91. The van der Waals surface area contributed by atoms with Gasteiger partial charge in [-0.2, -0.15) is 0 Å². The first-order valence-electron chi connectivity index (χ1n) is 4.83. The van der Waals surface area contributed by atoms with Crippen LogP contribution in [0.15, 0.2) is 49.1 Å². The SMILES string of the molecule is OC(Cc1cccnc1)c1cccnc1. The lowest BCUT2D eigenvalue weighted by Gasteiger charge is -2.09. The summed E-state index contributed by atoms with van der Waals surface area (Å²) in [4.78, 5) is 7.98. The fourth-order valence-corrected chi connectivity index (χ4v) is 1.43. The Kier molecular flexibility index (Phi) is 3.05. The van der Waals surface area contributed by atoms with Gasteiger partial charge in [-0.15, -0.1) is 0 Å². The van der Waals surface area contributed by atoms with Gasteiger partial charge in [0.1, 0.15) is 0 Å². The van der Waals surface area contributed by atoms with E-state index in [4.69, 9.17) is 0 Å². The van der Waals surface area contributed by atoms with Crippen molar-refractivity contribution in [1.29, 1.82) is 0 Å². The predicted molar refractivity (Wildman–Crippen MR) is 57.1 cm³/mol. The molecule has 0 spiro atoms. The van der Waals surface area contributed by atoms with Gasteiger partial charge in [-0.3, -0.25) is 9.97 Å². The zero-order valence-corrected chi connectivity index (χ0v) is 8.24. The molecule has 1 unspecified atom stereocenters. The minimum atomic E-state index is -0.511. The topological polar surface area (TPSA) is 46.0 Å². The Morgan fingerprint density at radius 2 is 1.80 bits per heavy atom. The Balaban J connectivity index is 2.08. The lowest BCUT2D eigenvalue weighted by atomic mass is 10.0. The standard InChI is InChI=1S/C12H12N2O/c15-12(11-4-2-6-14-9-11)7-10-3-1-5-13-8-10/h1-6,8-9,12,15H,7H2. The first-order chi connectivity index (χ1) is 7.36. The molecule has 3 nitrogen and oxygen atoms in total. The molecule has 0 saturated heterocycles. The molecular weight excluding hydrogens is 188 g/mol. The average molecular weight is 200 g/mol. The molecule has 76 valence electrons. The Morgan fingerprint density at radius 3 is 2.40 bits per heavy atom. The van der Waals surface area contributed by atoms with Crippen LogP contribution in [0.5, 0.6) is 0 Å². The fourth-order valence-electron chi connectivity index (χ4n) is 1.43. The highest BCUT2D eigenvalue weighted by Crippen LogP contribution is 2.16. The van der Waals surface area contributed by atoms with Crippen LogP contribution in [-0.4, -0.2) is 15.1 Å². The minimum absolute atomic E-state index is 0.511. The predicted octanol–water partition coefficient (Wildman–Crippen LogP) is 1.75. The number of pyridine rings is 2. The molecule has 15 heavy (non-hydrogen) atoms. The summed E-state index contributed by atoms with van der Waals surface area (Å²) in [5.74, 6) is 0. The van der Waals surface area contributed by atoms with E-state index in [0.29, 0.717) is 6.42 Å². The van der Waals surface area contributed by atoms with Gasteiger partial charge in [-0.25, -0.2) is 0 Å². The third-order valence-electron chi connectivity index (χ3n) is 2.22. The Labute approximate surface area is 88.5 Å². The van der Waals surface area contributed by atoms with Gasteiger partial charge in [0.15, 0.2) is 0 Å². The number of hydrogen-bond acceptors (Lipinski definition) is 3. The third-order valence-corrected chi connectivity index (χ3v) is 2.22. The molecule has 2 rings (SSSR count). The molecule has 0 aromatic carbocycles. The largest absolute Gasteiger partial charge is 0.388 e. The lowest BCUT2D eigenvalue weighted by molar-refractivity contribution is 0.178. The van der Waals surface area contributed by atoms with Crippen LogP contribution in [0.3, 0.4) is 0 Å². The maximum Gasteiger partial charge on any atom is 0.0845 e. The van der Waals surface area contributed by atoms with Crippen LogP contribution in [0.2, 0.25) is 0 Å². The van der Waals surface area contributed by atoms with E-state index in [1.54, 1.807) is 24.8 Å². The number of rotatable bonds is 3. The minimum Gasteiger partial charge on any atom is -0.388 e. The normalized spacial score (nSPS) is 12.3. The molecule has 0 saturated carbocycles. The molecular formula is C12H12N2O. The summed E-state index contributed by atoms with van der Waals surface area (Å²) in [7, 11) is 0. The number of nitrogens with zero attached hydrogens (tertiary/aromatic N) is 2. The van der Waals surface area contributed by atoms with Crippen LogP contribution < -0.4 is 0 Å². The lowest BCUT2D eigenvalue weighted by Crippen LogP contribution is -2.02. The van der Waals surface area contributed by atoms with E-state index in [1.165, 1.54) is 0 Å². The second kappa shape index (κ2) is 4.66. The average Bonchev–Trinajstić information content (AvgIpc) is 2.31. The summed E-state index contributed by atoms with van der Waals surface area (Å²) in [6.07, 6.45) is 6.92. The van der Waals surface area contributed by atoms with Crippen molar-refractivity contribution in [3.05, 3.63) is 60.2 Å². The van der Waals surface area contributed by atoms with Gasteiger partial charge < -0.3 is 5.11 Å². The zero-order chi connectivity index (χ0) is 10.5.